The zero-order valence-corrected chi connectivity index (χ0v) is 10.8. The van der Waals surface area contributed by atoms with E-state index >= 15 is 0 Å². The standard InChI is InChI=1S/C12H19N2OS/c1-9(2)10-7-14(16)15-12(8-13)6-4-3-5-11(10)12/h9-11H,3-7H2,1-2H3/q+1. The second-order valence-electron chi connectivity index (χ2n) is 5.37. The Morgan fingerprint density at radius 3 is 2.88 bits per heavy atom. The first-order chi connectivity index (χ1) is 7.59. The summed E-state index contributed by atoms with van der Waals surface area (Å²) in [5.41, 5.74) is -0.632. The lowest BCUT2D eigenvalue weighted by Crippen LogP contribution is -2.54. The van der Waals surface area contributed by atoms with Crippen LogP contribution in [-0.2, 0) is 17.3 Å². The van der Waals surface area contributed by atoms with Gasteiger partial charge in [-0.15, -0.1) is 0 Å². The molecule has 0 aromatic heterocycles. The lowest BCUT2D eigenvalue weighted by atomic mass is 9.66. The summed E-state index contributed by atoms with van der Waals surface area (Å²) in [7, 11) is 0. The zero-order chi connectivity index (χ0) is 11.8. The summed E-state index contributed by atoms with van der Waals surface area (Å²) in [6.45, 7) is 5.22. The fourth-order valence-corrected chi connectivity index (χ4v) is 3.50. The molecule has 1 saturated carbocycles. The molecule has 0 bridgehead atoms. The van der Waals surface area contributed by atoms with Gasteiger partial charge in [-0.3, -0.25) is 0 Å². The van der Waals surface area contributed by atoms with Gasteiger partial charge in [0, 0.05) is 18.3 Å². The van der Waals surface area contributed by atoms with E-state index in [-0.39, 0.29) is 0 Å². The molecule has 0 spiro atoms. The number of fused-ring (bicyclic) bond motifs is 1. The summed E-state index contributed by atoms with van der Waals surface area (Å²) in [6, 6.07) is 2.40. The van der Waals surface area contributed by atoms with Crippen molar-refractivity contribution in [2.45, 2.75) is 45.1 Å². The van der Waals surface area contributed by atoms with Crippen molar-refractivity contribution in [1.29, 1.82) is 5.26 Å². The van der Waals surface area contributed by atoms with Crippen LogP contribution in [0.3, 0.4) is 0 Å². The summed E-state index contributed by atoms with van der Waals surface area (Å²) < 4.78 is 1.47. The minimum atomic E-state index is -0.632. The molecule has 0 amide bonds. The third-order valence-corrected chi connectivity index (χ3v) is 4.32. The highest BCUT2D eigenvalue weighted by molar-refractivity contribution is 7.44. The van der Waals surface area contributed by atoms with Crippen molar-refractivity contribution < 1.29 is 8.95 Å². The highest BCUT2D eigenvalue weighted by atomic mass is 32.1. The molecule has 1 aliphatic carbocycles. The third kappa shape index (κ3) is 1.82. The summed E-state index contributed by atoms with van der Waals surface area (Å²) in [5, 5.41) is 9.45. The monoisotopic (exact) mass is 239 g/mol. The summed E-state index contributed by atoms with van der Waals surface area (Å²) in [4.78, 5) is 5.69. The predicted molar refractivity (Wildman–Crippen MR) is 62.2 cm³/mol. The lowest BCUT2D eigenvalue weighted by molar-refractivity contribution is -0.805. The molecule has 2 aliphatic rings. The SMILES string of the molecule is CC(C)C1C[N+](=S)OC2(C#N)CCCCC12. The predicted octanol–water partition coefficient (Wildman–Crippen LogP) is 2.40. The van der Waals surface area contributed by atoms with Crippen LogP contribution >= 0.6 is 0 Å². The molecule has 0 N–H and O–H groups in total. The van der Waals surface area contributed by atoms with Crippen molar-refractivity contribution in [3.05, 3.63) is 0 Å². The number of nitriles is 1. The average Bonchev–Trinajstić information content (AvgIpc) is 2.27. The number of nitrogens with zero attached hydrogens (tertiary/aromatic N) is 2. The van der Waals surface area contributed by atoms with Gasteiger partial charge in [0.05, 0.1) is 4.11 Å². The minimum Gasteiger partial charge on any atom is -0.240 e. The first kappa shape index (κ1) is 11.8. The van der Waals surface area contributed by atoms with Crippen LogP contribution in [-0.4, -0.2) is 16.3 Å². The maximum atomic E-state index is 9.45. The molecule has 2 rings (SSSR count). The Labute approximate surface area is 103 Å². The number of hydrogen-bond acceptors (Lipinski definition) is 3. The van der Waals surface area contributed by atoms with E-state index in [4.69, 9.17) is 17.3 Å². The fraction of sp³-hybridized carbons (Fsp3) is 0.917. The molecule has 3 unspecified atom stereocenters. The highest BCUT2D eigenvalue weighted by Gasteiger charge is 2.56. The van der Waals surface area contributed by atoms with E-state index in [1.165, 1.54) is 10.5 Å². The lowest BCUT2D eigenvalue weighted by Gasteiger charge is -2.42. The molecule has 16 heavy (non-hydrogen) atoms. The minimum absolute atomic E-state index is 0.366. The molecule has 4 heteroatoms. The maximum Gasteiger partial charge on any atom is 0.320 e. The Morgan fingerprint density at radius 2 is 2.25 bits per heavy atom. The van der Waals surface area contributed by atoms with Crippen molar-refractivity contribution in [1.82, 2.24) is 0 Å². The van der Waals surface area contributed by atoms with Crippen LogP contribution in [0.5, 0.6) is 0 Å². The first-order valence-electron chi connectivity index (χ1n) is 6.14. The van der Waals surface area contributed by atoms with Crippen LogP contribution in [0, 0.1) is 29.1 Å². The van der Waals surface area contributed by atoms with Crippen molar-refractivity contribution in [2.75, 3.05) is 6.54 Å². The Hall–Kier alpha value is -0.690. The van der Waals surface area contributed by atoms with Gasteiger partial charge in [-0.2, -0.15) is 5.26 Å². The van der Waals surface area contributed by atoms with Crippen LogP contribution in [0.2, 0.25) is 0 Å². The average molecular weight is 239 g/mol. The van der Waals surface area contributed by atoms with Crippen molar-refractivity contribution in [2.24, 2.45) is 17.8 Å². The Bertz CT molecular complexity index is 336. The molecular weight excluding hydrogens is 220 g/mol. The maximum absolute atomic E-state index is 9.45. The van der Waals surface area contributed by atoms with Crippen LogP contribution in [0.4, 0.5) is 0 Å². The Kier molecular flexibility index (Phi) is 3.16. The van der Waals surface area contributed by atoms with Crippen molar-refractivity contribution in [3.8, 4) is 6.07 Å². The molecule has 0 aromatic carbocycles. The molecular formula is C12H19N2OS+. The molecule has 1 saturated heterocycles. The van der Waals surface area contributed by atoms with E-state index in [9.17, 15) is 5.26 Å². The number of rotatable bonds is 1. The molecule has 3 atom stereocenters. The molecule has 1 heterocycles. The molecule has 3 nitrogen and oxygen atoms in total. The molecule has 88 valence electrons. The molecule has 2 fully saturated rings. The van der Waals surface area contributed by atoms with Crippen LogP contribution < -0.4 is 0 Å². The molecule has 1 aliphatic heterocycles. The summed E-state index contributed by atoms with van der Waals surface area (Å²) >= 11 is 5.15. The van der Waals surface area contributed by atoms with E-state index < -0.39 is 5.60 Å². The van der Waals surface area contributed by atoms with Gasteiger partial charge >= 0.3 is 12.4 Å². The Balaban J connectivity index is 2.31. The topological polar surface area (TPSA) is 36.0 Å². The third-order valence-electron chi connectivity index (χ3n) is 4.10. The number of hydroxylamine groups is 1. The van der Waals surface area contributed by atoms with E-state index in [1.54, 1.807) is 0 Å². The second kappa shape index (κ2) is 4.29. The largest absolute Gasteiger partial charge is 0.320 e. The van der Waals surface area contributed by atoms with E-state index in [1.807, 2.05) is 0 Å². The highest BCUT2D eigenvalue weighted by Crippen LogP contribution is 2.45. The smallest absolute Gasteiger partial charge is 0.240 e. The van der Waals surface area contributed by atoms with Gasteiger partial charge in [-0.25, -0.2) is 4.84 Å². The van der Waals surface area contributed by atoms with Crippen molar-refractivity contribution in [3.63, 3.8) is 0 Å². The van der Waals surface area contributed by atoms with Crippen LogP contribution in [0.25, 0.3) is 0 Å². The quantitative estimate of drug-likeness (QED) is 0.659. The van der Waals surface area contributed by atoms with Crippen LogP contribution in [0.15, 0.2) is 0 Å². The summed E-state index contributed by atoms with van der Waals surface area (Å²) in [6.07, 6.45) is 4.25. The van der Waals surface area contributed by atoms with Gasteiger partial charge < -0.3 is 0 Å². The van der Waals surface area contributed by atoms with Gasteiger partial charge in [-0.05, 0) is 18.8 Å². The van der Waals surface area contributed by atoms with E-state index in [0.29, 0.717) is 17.8 Å². The van der Waals surface area contributed by atoms with E-state index in [0.717, 1.165) is 25.8 Å². The zero-order valence-electron chi connectivity index (χ0n) is 9.98. The normalized spacial score (nSPS) is 38.8. The van der Waals surface area contributed by atoms with Gasteiger partial charge in [0.1, 0.15) is 6.07 Å². The van der Waals surface area contributed by atoms with Gasteiger partial charge in [0.2, 0.25) is 6.54 Å². The van der Waals surface area contributed by atoms with Crippen molar-refractivity contribution >= 4 is 12.4 Å². The van der Waals surface area contributed by atoms with Gasteiger partial charge in [0.25, 0.3) is 5.60 Å². The Morgan fingerprint density at radius 1 is 1.50 bits per heavy atom. The molecule has 0 radical (unpaired) electrons. The molecule has 0 aromatic rings. The summed E-state index contributed by atoms with van der Waals surface area (Å²) in [5.74, 6) is 1.42. The van der Waals surface area contributed by atoms with Gasteiger partial charge in [0.15, 0.2) is 0 Å². The van der Waals surface area contributed by atoms with Gasteiger partial charge in [-0.1, -0.05) is 20.3 Å². The second-order valence-corrected chi connectivity index (χ2v) is 5.78. The van der Waals surface area contributed by atoms with E-state index in [2.05, 4.69) is 19.9 Å². The number of hydrogen-bond donors (Lipinski definition) is 0. The fourth-order valence-electron chi connectivity index (χ4n) is 3.20. The van der Waals surface area contributed by atoms with Crippen LogP contribution in [0.1, 0.15) is 39.5 Å². The first-order valence-corrected chi connectivity index (χ1v) is 6.50.